The van der Waals surface area contributed by atoms with E-state index in [1.165, 1.54) is 5.56 Å². The van der Waals surface area contributed by atoms with Crippen LogP contribution in [0.5, 0.6) is 0 Å². The fraction of sp³-hybridized carbons (Fsp3) is 0.611. The van der Waals surface area contributed by atoms with Crippen LogP contribution in [0.4, 0.5) is 5.69 Å². The molecule has 1 aliphatic rings. The first-order valence-electron chi connectivity index (χ1n) is 8.37. The molecule has 0 aliphatic carbocycles. The first-order chi connectivity index (χ1) is 10.6. The van der Waals surface area contributed by atoms with E-state index in [0.29, 0.717) is 5.92 Å². The van der Waals surface area contributed by atoms with Crippen molar-refractivity contribution in [3.63, 3.8) is 0 Å². The molecule has 0 radical (unpaired) electrons. The van der Waals surface area contributed by atoms with Crippen LogP contribution in [0.3, 0.4) is 0 Å². The fourth-order valence-electron chi connectivity index (χ4n) is 3.09. The first kappa shape index (κ1) is 23.2. The zero-order valence-electron chi connectivity index (χ0n) is 15.0. The molecule has 1 amide bonds. The number of para-hydroxylation sites is 1. The Morgan fingerprint density at radius 3 is 2.54 bits per heavy atom. The van der Waals surface area contributed by atoms with E-state index in [2.05, 4.69) is 36.2 Å². The van der Waals surface area contributed by atoms with E-state index in [9.17, 15) is 4.79 Å². The van der Waals surface area contributed by atoms with Gasteiger partial charge in [-0.15, -0.1) is 24.8 Å². The minimum Gasteiger partial charge on any atom is -0.312 e. The van der Waals surface area contributed by atoms with E-state index in [-0.39, 0.29) is 30.7 Å². The highest BCUT2D eigenvalue weighted by atomic mass is 35.5. The van der Waals surface area contributed by atoms with Gasteiger partial charge in [-0.25, -0.2) is 0 Å². The molecule has 1 aromatic carbocycles. The molecular weight excluding hydrogens is 345 g/mol. The molecule has 24 heavy (non-hydrogen) atoms. The standard InChI is InChI=1S/C18H29N3O.2ClH/c1-15(2)14-20-10-6-11-21(16(3)22)18-8-5-4-7-17(18)13-19-9-12-20;;/h4-5,7-8,15,19H,6,9-14H2,1-3H3;2*1H. The van der Waals surface area contributed by atoms with Gasteiger partial charge in [-0.1, -0.05) is 32.0 Å². The maximum absolute atomic E-state index is 12.1. The summed E-state index contributed by atoms with van der Waals surface area (Å²) in [5.41, 5.74) is 2.26. The number of amides is 1. The van der Waals surface area contributed by atoms with Crippen molar-refractivity contribution in [2.75, 3.05) is 37.6 Å². The van der Waals surface area contributed by atoms with E-state index in [1.807, 2.05) is 17.0 Å². The van der Waals surface area contributed by atoms with Gasteiger partial charge in [-0.3, -0.25) is 4.79 Å². The lowest BCUT2D eigenvalue weighted by Gasteiger charge is -2.26. The average molecular weight is 376 g/mol. The topological polar surface area (TPSA) is 35.6 Å². The van der Waals surface area contributed by atoms with Crippen molar-refractivity contribution < 1.29 is 4.79 Å². The second-order valence-electron chi connectivity index (χ2n) is 6.52. The van der Waals surface area contributed by atoms with Crippen molar-refractivity contribution in [1.82, 2.24) is 10.2 Å². The predicted octanol–water partition coefficient (Wildman–Crippen LogP) is 3.33. The number of anilines is 1. The molecule has 138 valence electrons. The van der Waals surface area contributed by atoms with Crippen LogP contribution in [-0.2, 0) is 11.3 Å². The predicted molar refractivity (Wildman–Crippen MR) is 107 cm³/mol. The number of hydrogen-bond donors (Lipinski definition) is 1. The molecular formula is C18H31Cl2N3O. The van der Waals surface area contributed by atoms with Crippen molar-refractivity contribution in [3.8, 4) is 0 Å². The maximum Gasteiger partial charge on any atom is 0.223 e. The largest absolute Gasteiger partial charge is 0.312 e. The van der Waals surface area contributed by atoms with Gasteiger partial charge in [0, 0.05) is 45.3 Å². The summed E-state index contributed by atoms with van der Waals surface area (Å²) in [5.74, 6) is 0.799. The molecule has 0 aromatic heterocycles. The normalized spacial score (nSPS) is 16.4. The Kier molecular flexibility index (Phi) is 11.3. The van der Waals surface area contributed by atoms with Crippen LogP contribution >= 0.6 is 24.8 Å². The molecule has 0 fully saturated rings. The Morgan fingerprint density at radius 1 is 1.17 bits per heavy atom. The number of fused-ring (bicyclic) bond motifs is 1. The second kappa shape index (κ2) is 11.7. The third kappa shape index (κ3) is 6.98. The summed E-state index contributed by atoms with van der Waals surface area (Å²) in [6.07, 6.45) is 1.01. The highest BCUT2D eigenvalue weighted by Crippen LogP contribution is 2.21. The lowest BCUT2D eigenvalue weighted by Crippen LogP contribution is -2.36. The third-order valence-electron chi connectivity index (χ3n) is 4.06. The maximum atomic E-state index is 12.1. The van der Waals surface area contributed by atoms with Crippen molar-refractivity contribution in [1.29, 1.82) is 0 Å². The molecule has 6 heteroatoms. The number of halogens is 2. The van der Waals surface area contributed by atoms with Crippen LogP contribution in [0.1, 0.15) is 32.8 Å². The van der Waals surface area contributed by atoms with Gasteiger partial charge in [-0.05, 0) is 30.5 Å². The van der Waals surface area contributed by atoms with E-state index in [4.69, 9.17) is 0 Å². The van der Waals surface area contributed by atoms with Crippen LogP contribution < -0.4 is 10.2 Å². The van der Waals surface area contributed by atoms with Gasteiger partial charge < -0.3 is 15.1 Å². The van der Waals surface area contributed by atoms with Gasteiger partial charge in [0.15, 0.2) is 0 Å². The van der Waals surface area contributed by atoms with E-state index in [0.717, 1.165) is 51.4 Å². The number of rotatable bonds is 2. The van der Waals surface area contributed by atoms with E-state index in [1.54, 1.807) is 6.92 Å². The Bertz CT molecular complexity index is 497. The van der Waals surface area contributed by atoms with Gasteiger partial charge in [0.25, 0.3) is 0 Å². The zero-order valence-corrected chi connectivity index (χ0v) is 16.6. The Hall–Kier alpha value is -0.810. The monoisotopic (exact) mass is 375 g/mol. The highest BCUT2D eigenvalue weighted by molar-refractivity contribution is 5.92. The summed E-state index contributed by atoms with van der Waals surface area (Å²) in [6.45, 7) is 12.0. The number of carbonyl (C=O) groups is 1. The van der Waals surface area contributed by atoms with Gasteiger partial charge in [-0.2, -0.15) is 0 Å². The molecule has 0 unspecified atom stereocenters. The van der Waals surface area contributed by atoms with Crippen molar-refractivity contribution in [2.24, 2.45) is 5.92 Å². The van der Waals surface area contributed by atoms with Crippen LogP contribution in [0.25, 0.3) is 0 Å². The van der Waals surface area contributed by atoms with E-state index >= 15 is 0 Å². The zero-order chi connectivity index (χ0) is 15.9. The molecule has 0 bridgehead atoms. The minimum atomic E-state index is 0. The van der Waals surface area contributed by atoms with Crippen LogP contribution in [-0.4, -0.2) is 43.5 Å². The summed E-state index contributed by atoms with van der Waals surface area (Å²) in [5, 5.41) is 3.52. The molecule has 1 heterocycles. The Balaban J connectivity index is 0.00000264. The molecule has 0 saturated carbocycles. The number of nitrogens with zero attached hydrogens (tertiary/aromatic N) is 2. The smallest absolute Gasteiger partial charge is 0.223 e. The molecule has 1 N–H and O–H groups in total. The number of carbonyl (C=O) groups excluding carboxylic acids is 1. The van der Waals surface area contributed by atoms with Gasteiger partial charge >= 0.3 is 0 Å². The van der Waals surface area contributed by atoms with Crippen LogP contribution in [0, 0.1) is 5.92 Å². The fourth-order valence-corrected chi connectivity index (χ4v) is 3.09. The Labute approximate surface area is 158 Å². The lowest BCUT2D eigenvalue weighted by molar-refractivity contribution is -0.116. The van der Waals surface area contributed by atoms with Gasteiger partial charge in [0.2, 0.25) is 5.91 Å². The van der Waals surface area contributed by atoms with Crippen molar-refractivity contribution >= 4 is 36.4 Å². The Morgan fingerprint density at radius 2 is 1.88 bits per heavy atom. The minimum absolute atomic E-state index is 0. The first-order valence-corrected chi connectivity index (χ1v) is 8.37. The SMILES string of the molecule is CC(=O)N1CCCN(CC(C)C)CCNCc2ccccc21.Cl.Cl. The molecule has 1 aliphatic heterocycles. The molecule has 0 spiro atoms. The summed E-state index contributed by atoms with van der Waals surface area (Å²) in [4.78, 5) is 16.5. The third-order valence-corrected chi connectivity index (χ3v) is 4.06. The summed E-state index contributed by atoms with van der Waals surface area (Å²) in [6, 6.07) is 8.23. The second-order valence-corrected chi connectivity index (χ2v) is 6.52. The molecule has 0 atom stereocenters. The summed E-state index contributed by atoms with van der Waals surface area (Å²) < 4.78 is 0. The van der Waals surface area contributed by atoms with Gasteiger partial charge in [0.05, 0.1) is 0 Å². The molecule has 0 saturated heterocycles. The van der Waals surface area contributed by atoms with Crippen molar-refractivity contribution in [3.05, 3.63) is 29.8 Å². The number of hydrogen-bond acceptors (Lipinski definition) is 3. The quantitative estimate of drug-likeness (QED) is 0.860. The van der Waals surface area contributed by atoms with Crippen molar-refractivity contribution in [2.45, 2.75) is 33.7 Å². The van der Waals surface area contributed by atoms with E-state index < -0.39 is 0 Å². The molecule has 2 rings (SSSR count). The van der Waals surface area contributed by atoms with Gasteiger partial charge in [0.1, 0.15) is 0 Å². The molecule has 4 nitrogen and oxygen atoms in total. The number of benzene rings is 1. The summed E-state index contributed by atoms with van der Waals surface area (Å²) >= 11 is 0. The average Bonchev–Trinajstić information content (AvgIpc) is 2.50. The van der Waals surface area contributed by atoms with Crippen LogP contribution in [0.15, 0.2) is 24.3 Å². The van der Waals surface area contributed by atoms with Crippen LogP contribution in [0.2, 0.25) is 0 Å². The highest BCUT2D eigenvalue weighted by Gasteiger charge is 2.17. The molecule has 1 aromatic rings. The summed E-state index contributed by atoms with van der Waals surface area (Å²) in [7, 11) is 0. The lowest BCUT2D eigenvalue weighted by atomic mass is 10.1. The number of nitrogens with one attached hydrogen (secondary N) is 1.